The van der Waals surface area contributed by atoms with Crippen LogP contribution >= 0.6 is 0 Å². The van der Waals surface area contributed by atoms with Gasteiger partial charge in [-0.25, -0.2) is 0 Å². The van der Waals surface area contributed by atoms with Crippen LogP contribution in [0.1, 0.15) is 0 Å². The molecule has 1 aliphatic heterocycles. The molecule has 2 aromatic carbocycles. The predicted molar refractivity (Wildman–Crippen MR) is 90.8 cm³/mol. The number of ether oxygens (including phenoxy) is 3. The first-order valence-electron chi connectivity index (χ1n) is 7.84. The Morgan fingerprint density at radius 3 is 2.74 bits per heavy atom. The van der Waals surface area contributed by atoms with Gasteiger partial charge in [-0.2, -0.15) is 0 Å². The molecule has 0 bridgehead atoms. The second-order valence-electron chi connectivity index (χ2n) is 5.97. The molecule has 0 fully saturated rings. The second-order valence-corrected chi connectivity index (χ2v) is 5.97. The molecule has 0 amide bonds. The summed E-state index contributed by atoms with van der Waals surface area (Å²) in [6.45, 7) is 2.70. The number of nitrogens with one attached hydrogen (secondary N) is 1. The van der Waals surface area contributed by atoms with Gasteiger partial charge in [0.1, 0.15) is 25.6 Å². The molecule has 0 spiro atoms. The Bertz CT molecular complexity index is 854. The maximum Gasteiger partial charge on any atom is 0.185 e. The zero-order valence-electron chi connectivity index (χ0n) is 13.4. The lowest BCUT2D eigenvalue weighted by Crippen LogP contribution is -2.19. The van der Waals surface area contributed by atoms with Gasteiger partial charge < -0.3 is 24.1 Å². The van der Waals surface area contributed by atoms with Crippen molar-refractivity contribution in [3.05, 3.63) is 30.3 Å². The summed E-state index contributed by atoms with van der Waals surface area (Å²) in [5, 5.41) is 2.27. The summed E-state index contributed by atoms with van der Waals surface area (Å²) in [7, 11) is 4.08. The molecule has 23 heavy (non-hydrogen) atoms. The number of likely N-dealkylation sites (N-methyl/N-ethyl adjacent to an activating group) is 1. The van der Waals surface area contributed by atoms with Gasteiger partial charge >= 0.3 is 0 Å². The van der Waals surface area contributed by atoms with Crippen LogP contribution < -0.4 is 14.2 Å². The topological polar surface area (TPSA) is 46.7 Å². The first-order valence-corrected chi connectivity index (χ1v) is 7.84. The third-order valence-corrected chi connectivity index (χ3v) is 4.07. The third kappa shape index (κ3) is 2.47. The maximum absolute atomic E-state index is 5.96. The monoisotopic (exact) mass is 312 g/mol. The molecular weight excluding hydrogens is 292 g/mol. The quantitative estimate of drug-likeness (QED) is 0.804. The van der Waals surface area contributed by atoms with E-state index >= 15 is 0 Å². The van der Waals surface area contributed by atoms with E-state index in [4.69, 9.17) is 14.2 Å². The Morgan fingerprint density at radius 2 is 1.87 bits per heavy atom. The van der Waals surface area contributed by atoms with Crippen LogP contribution in [0.3, 0.4) is 0 Å². The molecule has 2 heterocycles. The number of hydrogen-bond acceptors (Lipinski definition) is 4. The minimum absolute atomic E-state index is 0.577. The number of fused-ring (bicyclic) bond motifs is 5. The highest BCUT2D eigenvalue weighted by Crippen LogP contribution is 2.41. The highest BCUT2D eigenvalue weighted by atomic mass is 16.6. The number of para-hydroxylation sites is 1. The second kappa shape index (κ2) is 5.66. The molecule has 1 aliphatic rings. The fourth-order valence-electron chi connectivity index (χ4n) is 2.93. The fraction of sp³-hybridized carbons (Fsp3) is 0.333. The van der Waals surface area contributed by atoms with Crippen molar-refractivity contribution in [2.45, 2.75) is 0 Å². The first-order chi connectivity index (χ1) is 11.2. The van der Waals surface area contributed by atoms with Crippen molar-refractivity contribution in [3.63, 3.8) is 0 Å². The number of hydrogen-bond donors (Lipinski definition) is 1. The van der Waals surface area contributed by atoms with Gasteiger partial charge in [0.25, 0.3) is 0 Å². The molecule has 1 N–H and O–H groups in total. The van der Waals surface area contributed by atoms with E-state index in [-0.39, 0.29) is 0 Å². The van der Waals surface area contributed by atoms with Crippen LogP contribution in [0.25, 0.3) is 21.8 Å². The lowest BCUT2D eigenvalue weighted by atomic mass is 10.1. The van der Waals surface area contributed by atoms with Crippen LogP contribution in [0.4, 0.5) is 0 Å². The molecule has 5 nitrogen and oxygen atoms in total. The fourth-order valence-corrected chi connectivity index (χ4v) is 2.93. The van der Waals surface area contributed by atoms with Gasteiger partial charge in [-0.1, -0.05) is 12.1 Å². The zero-order valence-corrected chi connectivity index (χ0v) is 13.4. The average Bonchev–Trinajstić information content (AvgIpc) is 2.94. The van der Waals surface area contributed by atoms with Crippen LogP contribution in [0.2, 0.25) is 0 Å². The van der Waals surface area contributed by atoms with Crippen molar-refractivity contribution in [2.24, 2.45) is 0 Å². The third-order valence-electron chi connectivity index (χ3n) is 4.07. The molecule has 0 saturated carbocycles. The van der Waals surface area contributed by atoms with E-state index in [1.165, 1.54) is 0 Å². The Balaban J connectivity index is 1.81. The number of aromatic nitrogens is 1. The first kappa shape index (κ1) is 14.2. The largest absolute Gasteiger partial charge is 0.490 e. The van der Waals surface area contributed by atoms with Crippen molar-refractivity contribution in [1.29, 1.82) is 0 Å². The van der Waals surface area contributed by atoms with E-state index in [0.29, 0.717) is 19.8 Å². The Hall–Kier alpha value is -2.40. The Kier molecular flexibility index (Phi) is 3.50. The molecule has 0 radical (unpaired) electrons. The maximum atomic E-state index is 5.96. The number of benzene rings is 2. The van der Waals surface area contributed by atoms with Gasteiger partial charge in [-0.15, -0.1) is 0 Å². The number of H-pyrrole nitrogens is 1. The lowest BCUT2D eigenvalue weighted by Gasteiger charge is -2.18. The van der Waals surface area contributed by atoms with E-state index in [9.17, 15) is 0 Å². The molecule has 0 atom stereocenters. The van der Waals surface area contributed by atoms with E-state index in [2.05, 4.69) is 22.0 Å². The molecule has 120 valence electrons. The van der Waals surface area contributed by atoms with Crippen molar-refractivity contribution < 1.29 is 14.2 Å². The Morgan fingerprint density at radius 1 is 1.04 bits per heavy atom. The number of aromatic amines is 1. The molecular formula is C18H20N2O3. The van der Waals surface area contributed by atoms with Gasteiger partial charge in [0.05, 0.1) is 11.0 Å². The van der Waals surface area contributed by atoms with E-state index in [0.717, 1.165) is 45.6 Å². The van der Waals surface area contributed by atoms with Crippen molar-refractivity contribution in [3.8, 4) is 17.2 Å². The minimum Gasteiger partial charge on any atom is -0.490 e. The van der Waals surface area contributed by atoms with E-state index in [1.807, 2.05) is 32.3 Å². The summed E-state index contributed by atoms with van der Waals surface area (Å²) in [6.07, 6.45) is 0. The summed E-state index contributed by atoms with van der Waals surface area (Å²) >= 11 is 0. The van der Waals surface area contributed by atoms with Crippen molar-refractivity contribution >= 4 is 21.8 Å². The lowest BCUT2D eigenvalue weighted by molar-refractivity contribution is 0.173. The smallest absolute Gasteiger partial charge is 0.185 e. The van der Waals surface area contributed by atoms with Gasteiger partial charge in [0, 0.05) is 17.3 Å². The zero-order chi connectivity index (χ0) is 15.8. The van der Waals surface area contributed by atoms with Crippen LogP contribution in [-0.4, -0.2) is 50.3 Å². The predicted octanol–water partition coefficient (Wildman–Crippen LogP) is 3.03. The van der Waals surface area contributed by atoms with E-state index in [1.54, 1.807) is 0 Å². The standard InChI is InChI=1S/C18H20N2O3/c1-20(2)8-9-21-14-5-3-4-12-13-6-7-15-18(23-11-10-22-15)17(13)19-16(12)14/h3-7,19H,8-11H2,1-2H3. The molecule has 0 saturated heterocycles. The van der Waals surface area contributed by atoms with Gasteiger partial charge in [-0.05, 0) is 32.3 Å². The van der Waals surface area contributed by atoms with Crippen molar-refractivity contribution in [1.82, 2.24) is 9.88 Å². The van der Waals surface area contributed by atoms with Gasteiger partial charge in [0.2, 0.25) is 0 Å². The summed E-state index contributed by atoms with van der Waals surface area (Å²) in [5.41, 5.74) is 1.98. The SMILES string of the molecule is CN(C)CCOc1cccc2c1[nH]c1c3c(ccc12)OCCO3. The van der Waals surface area contributed by atoms with Crippen LogP contribution in [-0.2, 0) is 0 Å². The number of rotatable bonds is 4. The molecule has 4 rings (SSSR count). The van der Waals surface area contributed by atoms with Crippen molar-refractivity contribution in [2.75, 3.05) is 40.5 Å². The number of nitrogens with zero attached hydrogens (tertiary/aromatic N) is 1. The highest BCUT2D eigenvalue weighted by molar-refractivity contribution is 6.11. The summed E-state index contributed by atoms with van der Waals surface area (Å²) < 4.78 is 17.4. The minimum atomic E-state index is 0.577. The summed E-state index contributed by atoms with van der Waals surface area (Å²) in [5.74, 6) is 2.46. The molecule has 5 heteroatoms. The van der Waals surface area contributed by atoms with Gasteiger partial charge in [0.15, 0.2) is 11.5 Å². The molecule has 0 aliphatic carbocycles. The Labute approximate surface area is 134 Å². The van der Waals surface area contributed by atoms with Crippen LogP contribution in [0, 0.1) is 0 Å². The average molecular weight is 312 g/mol. The van der Waals surface area contributed by atoms with Crippen LogP contribution in [0.15, 0.2) is 30.3 Å². The normalized spacial score (nSPS) is 13.9. The van der Waals surface area contributed by atoms with Crippen LogP contribution in [0.5, 0.6) is 17.2 Å². The summed E-state index contributed by atoms with van der Waals surface area (Å²) in [4.78, 5) is 5.57. The van der Waals surface area contributed by atoms with E-state index < -0.39 is 0 Å². The highest BCUT2D eigenvalue weighted by Gasteiger charge is 2.19. The van der Waals surface area contributed by atoms with Gasteiger partial charge in [-0.3, -0.25) is 0 Å². The molecule has 1 aromatic heterocycles. The molecule has 0 unspecified atom stereocenters. The molecule has 3 aromatic rings. The summed E-state index contributed by atoms with van der Waals surface area (Å²) in [6, 6.07) is 10.2.